The Hall–Kier alpha value is -0.910. The average Bonchev–Trinajstić information content (AvgIpc) is 2.79. The van der Waals surface area contributed by atoms with Crippen molar-refractivity contribution in [2.75, 3.05) is 13.1 Å². The van der Waals surface area contributed by atoms with Gasteiger partial charge in [-0.15, -0.1) is 0 Å². The number of nitrogens with zero attached hydrogens (tertiary/aromatic N) is 1. The van der Waals surface area contributed by atoms with Gasteiger partial charge in [0.15, 0.2) is 0 Å². The maximum absolute atomic E-state index is 12.7. The van der Waals surface area contributed by atoms with Crippen molar-refractivity contribution in [3.8, 4) is 0 Å². The van der Waals surface area contributed by atoms with E-state index >= 15 is 0 Å². The Balaban J connectivity index is 2.10. The molecule has 0 radical (unpaired) electrons. The van der Waals surface area contributed by atoms with Crippen molar-refractivity contribution in [3.63, 3.8) is 0 Å². The molecular weight excluding hydrogens is 284 g/mol. The van der Waals surface area contributed by atoms with Crippen LogP contribution in [0.1, 0.15) is 39.2 Å². The summed E-state index contributed by atoms with van der Waals surface area (Å²) in [6.45, 7) is 8.61. The van der Waals surface area contributed by atoms with Gasteiger partial charge in [0.05, 0.1) is 4.90 Å². The van der Waals surface area contributed by atoms with Gasteiger partial charge < -0.3 is 5.32 Å². The van der Waals surface area contributed by atoms with Gasteiger partial charge in [-0.25, -0.2) is 8.42 Å². The second kappa shape index (κ2) is 6.90. The summed E-state index contributed by atoms with van der Waals surface area (Å²) in [5.74, 6) is 0.437. The topological polar surface area (TPSA) is 49.4 Å². The summed E-state index contributed by atoms with van der Waals surface area (Å²) in [5.41, 5.74) is 1.12. The summed E-state index contributed by atoms with van der Waals surface area (Å²) in [7, 11) is -3.35. The molecule has 118 valence electrons. The molecule has 1 saturated heterocycles. The molecular formula is C16H26N2O2S. The van der Waals surface area contributed by atoms with Gasteiger partial charge in [0.2, 0.25) is 10.0 Å². The molecule has 0 aromatic heterocycles. The van der Waals surface area contributed by atoms with Gasteiger partial charge >= 0.3 is 0 Å². The van der Waals surface area contributed by atoms with Crippen molar-refractivity contribution < 1.29 is 8.42 Å². The zero-order valence-electron chi connectivity index (χ0n) is 13.2. The maximum atomic E-state index is 12.7. The highest BCUT2D eigenvalue weighted by molar-refractivity contribution is 7.89. The second-order valence-corrected chi connectivity index (χ2v) is 7.98. The normalized spacial score (nSPS) is 23.6. The molecule has 21 heavy (non-hydrogen) atoms. The highest BCUT2D eigenvalue weighted by Gasteiger charge is 2.35. The van der Waals surface area contributed by atoms with Crippen LogP contribution in [0.3, 0.4) is 0 Å². The van der Waals surface area contributed by atoms with Gasteiger partial charge in [0, 0.05) is 19.1 Å². The van der Waals surface area contributed by atoms with Crippen molar-refractivity contribution in [2.24, 2.45) is 5.92 Å². The summed E-state index contributed by atoms with van der Waals surface area (Å²) in [6.07, 6.45) is 2.04. The van der Waals surface area contributed by atoms with Gasteiger partial charge in [-0.2, -0.15) is 4.31 Å². The molecule has 1 heterocycles. The van der Waals surface area contributed by atoms with Crippen LogP contribution in [-0.4, -0.2) is 31.9 Å². The molecule has 0 bridgehead atoms. The molecule has 4 nitrogen and oxygen atoms in total. The molecule has 0 spiro atoms. The summed E-state index contributed by atoms with van der Waals surface area (Å²) >= 11 is 0. The van der Waals surface area contributed by atoms with Crippen molar-refractivity contribution in [2.45, 2.75) is 51.1 Å². The molecule has 1 aromatic carbocycles. The van der Waals surface area contributed by atoms with E-state index in [1.165, 1.54) is 0 Å². The first-order valence-corrected chi connectivity index (χ1v) is 9.20. The smallest absolute Gasteiger partial charge is 0.243 e. The Bertz CT molecular complexity index is 554. The predicted octanol–water partition coefficient (Wildman–Crippen LogP) is 2.61. The first kappa shape index (κ1) is 16.5. The van der Waals surface area contributed by atoms with Crippen LogP contribution < -0.4 is 5.32 Å². The van der Waals surface area contributed by atoms with E-state index in [2.05, 4.69) is 19.2 Å². The first-order valence-electron chi connectivity index (χ1n) is 7.76. The monoisotopic (exact) mass is 310 g/mol. The van der Waals surface area contributed by atoms with E-state index in [1.54, 1.807) is 16.4 Å². The van der Waals surface area contributed by atoms with Crippen molar-refractivity contribution in [3.05, 3.63) is 29.8 Å². The quantitative estimate of drug-likeness (QED) is 0.822. The number of hydrogen-bond donors (Lipinski definition) is 1. The molecule has 1 aliphatic heterocycles. The lowest BCUT2D eigenvalue weighted by atomic mass is 10.1. The third-order valence-electron chi connectivity index (χ3n) is 4.01. The number of hydrogen-bond acceptors (Lipinski definition) is 3. The van der Waals surface area contributed by atoms with Crippen LogP contribution >= 0.6 is 0 Å². The summed E-state index contributed by atoms with van der Waals surface area (Å²) in [4.78, 5) is 0.405. The fraction of sp³-hybridized carbons (Fsp3) is 0.625. The molecule has 1 N–H and O–H groups in total. The van der Waals surface area contributed by atoms with Crippen molar-refractivity contribution >= 4 is 10.0 Å². The highest BCUT2D eigenvalue weighted by atomic mass is 32.2. The van der Waals surface area contributed by atoms with E-state index in [0.29, 0.717) is 17.4 Å². The minimum atomic E-state index is -3.35. The molecule has 1 aliphatic rings. The van der Waals surface area contributed by atoms with Crippen molar-refractivity contribution in [1.29, 1.82) is 0 Å². The van der Waals surface area contributed by atoms with E-state index in [0.717, 1.165) is 31.5 Å². The van der Waals surface area contributed by atoms with Gasteiger partial charge in [-0.3, -0.25) is 0 Å². The minimum Gasteiger partial charge on any atom is -0.313 e. The van der Waals surface area contributed by atoms with Gasteiger partial charge in [0.1, 0.15) is 0 Å². The minimum absolute atomic E-state index is 0.0934. The Morgan fingerprint density at radius 1 is 1.24 bits per heavy atom. The first-order chi connectivity index (χ1) is 9.95. The molecule has 5 heteroatoms. The molecule has 0 saturated carbocycles. The molecule has 2 atom stereocenters. The van der Waals surface area contributed by atoms with Crippen LogP contribution in [0, 0.1) is 5.92 Å². The fourth-order valence-electron chi connectivity index (χ4n) is 2.92. The molecule has 0 aliphatic carbocycles. The summed E-state index contributed by atoms with van der Waals surface area (Å²) in [6, 6.07) is 7.36. The van der Waals surface area contributed by atoms with Crippen LogP contribution in [-0.2, 0) is 16.6 Å². The number of benzene rings is 1. The lowest BCUT2D eigenvalue weighted by Gasteiger charge is -2.21. The Morgan fingerprint density at radius 3 is 2.43 bits per heavy atom. The van der Waals surface area contributed by atoms with E-state index in [-0.39, 0.29) is 6.04 Å². The van der Waals surface area contributed by atoms with Crippen LogP contribution in [0.5, 0.6) is 0 Å². The zero-order chi connectivity index (χ0) is 15.5. The largest absolute Gasteiger partial charge is 0.313 e. The Kier molecular flexibility index (Phi) is 5.41. The van der Waals surface area contributed by atoms with Crippen LogP contribution in [0.2, 0.25) is 0 Å². The lowest BCUT2D eigenvalue weighted by Crippen LogP contribution is -2.34. The molecule has 0 amide bonds. The number of rotatable bonds is 6. The molecule has 1 aromatic rings. The van der Waals surface area contributed by atoms with E-state index in [9.17, 15) is 8.42 Å². The predicted molar refractivity (Wildman–Crippen MR) is 85.6 cm³/mol. The van der Waals surface area contributed by atoms with Crippen LogP contribution in [0.4, 0.5) is 0 Å². The second-order valence-electron chi connectivity index (χ2n) is 6.09. The fourth-order valence-corrected chi connectivity index (χ4v) is 4.68. The molecule has 2 rings (SSSR count). The van der Waals surface area contributed by atoms with Gasteiger partial charge in [-0.1, -0.05) is 26.0 Å². The summed E-state index contributed by atoms with van der Waals surface area (Å²) < 4.78 is 27.0. The van der Waals surface area contributed by atoms with Crippen LogP contribution in [0.25, 0.3) is 0 Å². The highest BCUT2D eigenvalue weighted by Crippen LogP contribution is 2.29. The van der Waals surface area contributed by atoms with Crippen molar-refractivity contribution in [1.82, 2.24) is 9.62 Å². The molecule has 2 unspecified atom stereocenters. The number of sulfonamides is 1. The third-order valence-corrected chi connectivity index (χ3v) is 6.01. The SMILES string of the molecule is CCCNCc1ccc(S(=O)(=O)N2CC(C)CC2C)cc1. The zero-order valence-corrected chi connectivity index (χ0v) is 14.0. The number of nitrogens with one attached hydrogen (secondary N) is 1. The van der Waals surface area contributed by atoms with Gasteiger partial charge in [-0.05, 0) is 49.9 Å². The maximum Gasteiger partial charge on any atom is 0.243 e. The lowest BCUT2D eigenvalue weighted by molar-refractivity contribution is 0.405. The van der Waals surface area contributed by atoms with E-state index in [4.69, 9.17) is 0 Å². The van der Waals surface area contributed by atoms with Crippen LogP contribution in [0.15, 0.2) is 29.2 Å². The molecule has 1 fully saturated rings. The van der Waals surface area contributed by atoms with E-state index in [1.807, 2.05) is 19.1 Å². The van der Waals surface area contributed by atoms with Gasteiger partial charge in [0.25, 0.3) is 0 Å². The third kappa shape index (κ3) is 3.84. The van der Waals surface area contributed by atoms with E-state index < -0.39 is 10.0 Å². The standard InChI is InChI=1S/C16H26N2O2S/c1-4-9-17-11-15-5-7-16(8-6-15)21(19,20)18-12-13(2)10-14(18)3/h5-8,13-14,17H,4,9-12H2,1-3H3. The Morgan fingerprint density at radius 2 is 1.90 bits per heavy atom. The Labute approximate surface area is 128 Å². The summed E-state index contributed by atoms with van der Waals surface area (Å²) in [5, 5.41) is 3.32. The average molecular weight is 310 g/mol.